The van der Waals surface area contributed by atoms with Gasteiger partial charge in [0.25, 0.3) is 5.91 Å². The van der Waals surface area contributed by atoms with Crippen LogP contribution in [0.2, 0.25) is 0 Å². The fraction of sp³-hybridized carbons (Fsp3) is 0.176. The van der Waals surface area contributed by atoms with Crippen LogP contribution in [0, 0.1) is 0 Å². The molecular weight excluding hydrogens is 339 g/mol. The number of ether oxygens (including phenoxy) is 2. The van der Waals surface area contributed by atoms with Crippen molar-refractivity contribution in [3.63, 3.8) is 0 Å². The van der Waals surface area contributed by atoms with Gasteiger partial charge >= 0.3 is 12.3 Å². The Kier molecular flexibility index (Phi) is 5.99. The van der Waals surface area contributed by atoms with Crippen LogP contribution in [0.5, 0.6) is 5.75 Å². The smallest absolute Gasteiger partial charge is 0.452 e. The molecule has 25 heavy (non-hydrogen) atoms. The summed E-state index contributed by atoms with van der Waals surface area (Å²) < 4.78 is 44.6. The monoisotopic (exact) mass is 353 g/mol. The Morgan fingerprint density at radius 2 is 1.60 bits per heavy atom. The summed E-state index contributed by atoms with van der Waals surface area (Å²) in [5.41, 5.74) is 0.896. The highest BCUT2D eigenvalue weighted by molar-refractivity contribution is 5.91. The van der Waals surface area contributed by atoms with E-state index in [-0.39, 0.29) is 5.56 Å². The maximum atomic E-state index is 12.0. The van der Waals surface area contributed by atoms with Gasteiger partial charge in [0, 0.05) is 6.54 Å². The molecule has 2 rings (SSSR count). The summed E-state index contributed by atoms with van der Waals surface area (Å²) >= 11 is 0. The van der Waals surface area contributed by atoms with Crippen LogP contribution in [0.3, 0.4) is 0 Å². The lowest BCUT2D eigenvalue weighted by atomic mass is 10.2. The predicted molar refractivity (Wildman–Crippen MR) is 81.7 cm³/mol. The number of nitrogens with one attached hydrogen (secondary N) is 1. The van der Waals surface area contributed by atoms with E-state index < -0.39 is 30.6 Å². The van der Waals surface area contributed by atoms with E-state index in [2.05, 4.69) is 10.1 Å². The normalized spacial score (nSPS) is 10.8. The van der Waals surface area contributed by atoms with Gasteiger partial charge in [0.05, 0.1) is 5.56 Å². The van der Waals surface area contributed by atoms with Gasteiger partial charge in [0.15, 0.2) is 6.61 Å². The highest BCUT2D eigenvalue weighted by atomic mass is 19.4. The lowest BCUT2D eigenvalue weighted by molar-refractivity contribution is -0.274. The fourth-order valence-corrected chi connectivity index (χ4v) is 1.85. The molecule has 0 aliphatic heterocycles. The van der Waals surface area contributed by atoms with Crippen LogP contribution >= 0.6 is 0 Å². The number of carbonyl (C=O) groups is 2. The summed E-state index contributed by atoms with van der Waals surface area (Å²) in [4.78, 5) is 23.4. The molecule has 0 saturated heterocycles. The molecule has 5 nitrogen and oxygen atoms in total. The van der Waals surface area contributed by atoms with Crippen molar-refractivity contribution in [2.45, 2.75) is 12.9 Å². The van der Waals surface area contributed by atoms with Gasteiger partial charge in [-0.05, 0) is 29.8 Å². The minimum Gasteiger partial charge on any atom is -0.452 e. The zero-order valence-corrected chi connectivity index (χ0v) is 12.9. The second kappa shape index (κ2) is 8.18. The predicted octanol–water partition coefficient (Wildman–Crippen LogP) is 3.06. The number of amides is 1. The first-order valence-corrected chi connectivity index (χ1v) is 7.17. The van der Waals surface area contributed by atoms with Crippen molar-refractivity contribution < 1.29 is 32.2 Å². The number of hydrogen-bond acceptors (Lipinski definition) is 4. The van der Waals surface area contributed by atoms with Crippen LogP contribution in [-0.2, 0) is 16.1 Å². The first-order chi connectivity index (χ1) is 11.8. The minimum absolute atomic E-state index is 0.00499. The van der Waals surface area contributed by atoms with Crippen molar-refractivity contribution in [2.75, 3.05) is 6.61 Å². The Bertz CT molecular complexity index is 715. The number of rotatable bonds is 6. The largest absolute Gasteiger partial charge is 0.573 e. The minimum atomic E-state index is -4.81. The number of esters is 1. The van der Waals surface area contributed by atoms with E-state index in [9.17, 15) is 22.8 Å². The molecule has 1 amide bonds. The van der Waals surface area contributed by atoms with Gasteiger partial charge in [-0.3, -0.25) is 4.79 Å². The average Bonchev–Trinajstić information content (AvgIpc) is 2.58. The highest BCUT2D eigenvalue weighted by Gasteiger charge is 2.31. The standard InChI is InChI=1S/C17H14F3NO4/c18-17(19,20)25-14-8-6-13(7-9-14)16(23)24-11-15(22)21-10-12-4-2-1-3-5-12/h1-9H,10-11H2,(H,21,22). The molecule has 0 fully saturated rings. The quantitative estimate of drug-likeness (QED) is 0.811. The molecule has 132 valence electrons. The Hall–Kier alpha value is -3.03. The van der Waals surface area contributed by atoms with Gasteiger partial charge in [-0.25, -0.2) is 4.79 Å². The zero-order valence-electron chi connectivity index (χ0n) is 12.9. The topological polar surface area (TPSA) is 64.6 Å². The number of hydrogen-bond donors (Lipinski definition) is 1. The Balaban J connectivity index is 1.78. The molecule has 2 aromatic rings. The molecule has 8 heteroatoms. The van der Waals surface area contributed by atoms with E-state index in [4.69, 9.17) is 4.74 Å². The maximum Gasteiger partial charge on any atom is 0.573 e. The molecule has 1 N–H and O–H groups in total. The Morgan fingerprint density at radius 1 is 0.960 bits per heavy atom. The number of halogens is 3. The highest BCUT2D eigenvalue weighted by Crippen LogP contribution is 2.22. The first-order valence-electron chi connectivity index (χ1n) is 7.17. The maximum absolute atomic E-state index is 12.0. The zero-order chi connectivity index (χ0) is 18.3. The summed E-state index contributed by atoms with van der Waals surface area (Å²) in [6.45, 7) is -0.201. The van der Waals surface area contributed by atoms with Crippen molar-refractivity contribution in [1.82, 2.24) is 5.32 Å². The van der Waals surface area contributed by atoms with Crippen molar-refractivity contribution in [3.05, 3.63) is 65.7 Å². The van der Waals surface area contributed by atoms with Crippen LogP contribution in [0.1, 0.15) is 15.9 Å². The van der Waals surface area contributed by atoms with E-state index in [1.807, 2.05) is 30.3 Å². The summed E-state index contributed by atoms with van der Waals surface area (Å²) in [6, 6.07) is 13.4. The molecule has 0 unspecified atom stereocenters. The summed E-state index contributed by atoms with van der Waals surface area (Å²) in [5.74, 6) is -1.77. The second-order valence-corrected chi connectivity index (χ2v) is 4.91. The molecule has 0 radical (unpaired) electrons. The Morgan fingerprint density at radius 3 is 2.20 bits per heavy atom. The Labute approximate surface area is 141 Å². The van der Waals surface area contributed by atoms with Crippen LogP contribution < -0.4 is 10.1 Å². The van der Waals surface area contributed by atoms with Crippen LogP contribution in [0.4, 0.5) is 13.2 Å². The van der Waals surface area contributed by atoms with Crippen molar-refractivity contribution in [1.29, 1.82) is 0 Å². The molecule has 0 bridgehead atoms. The third-order valence-corrected chi connectivity index (χ3v) is 2.99. The van der Waals surface area contributed by atoms with Gasteiger partial charge in [-0.15, -0.1) is 13.2 Å². The number of benzene rings is 2. The molecule has 0 aromatic heterocycles. The molecule has 2 aromatic carbocycles. The lowest BCUT2D eigenvalue weighted by Crippen LogP contribution is -2.28. The molecular formula is C17H14F3NO4. The molecule has 0 atom stereocenters. The molecule has 0 aliphatic rings. The summed E-state index contributed by atoms with van der Waals surface area (Å²) in [7, 11) is 0. The number of alkyl halides is 3. The van der Waals surface area contributed by atoms with E-state index >= 15 is 0 Å². The molecule has 0 spiro atoms. The van der Waals surface area contributed by atoms with Gasteiger partial charge in [-0.1, -0.05) is 30.3 Å². The van der Waals surface area contributed by atoms with Crippen LogP contribution in [0.15, 0.2) is 54.6 Å². The fourth-order valence-electron chi connectivity index (χ4n) is 1.85. The lowest BCUT2D eigenvalue weighted by Gasteiger charge is -2.09. The van der Waals surface area contributed by atoms with Gasteiger partial charge < -0.3 is 14.8 Å². The van der Waals surface area contributed by atoms with E-state index in [1.165, 1.54) is 0 Å². The van der Waals surface area contributed by atoms with Crippen molar-refractivity contribution in [2.24, 2.45) is 0 Å². The average molecular weight is 353 g/mol. The van der Waals surface area contributed by atoms with Crippen molar-refractivity contribution >= 4 is 11.9 Å². The van der Waals surface area contributed by atoms with E-state index in [0.29, 0.717) is 6.54 Å². The SMILES string of the molecule is O=C(COC(=O)c1ccc(OC(F)(F)F)cc1)NCc1ccccc1. The van der Waals surface area contributed by atoms with Gasteiger partial charge in [0.2, 0.25) is 0 Å². The summed E-state index contributed by atoms with van der Waals surface area (Å²) in [5, 5.41) is 2.58. The first kappa shape index (κ1) is 18.3. The van der Waals surface area contributed by atoms with Crippen molar-refractivity contribution in [3.8, 4) is 5.75 Å². The van der Waals surface area contributed by atoms with E-state index in [0.717, 1.165) is 29.8 Å². The molecule has 0 heterocycles. The number of carbonyl (C=O) groups excluding carboxylic acids is 2. The third kappa shape index (κ3) is 6.54. The van der Waals surface area contributed by atoms with E-state index in [1.54, 1.807) is 0 Å². The van der Waals surface area contributed by atoms with Crippen LogP contribution in [0.25, 0.3) is 0 Å². The van der Waals surface area contributed by atoms with Gasteiger partial charge in [0.1, 0.15) is 5.75 Å². The van der Waals surface area contributed by atoms with Gasteiger partial charge in [-0.2, -0.15) is 0 Å². The second-order valence-electron chi connectivity index (χ2n) is 4.91. The molecule has 0 aliphatic carbocycles. The molecule has 0 saturated carbocycles. The van der Waals surface area contributed by atoms with Crippen LogP contribution in [-0.4, -0.2) is 24.8 Å². The summed E-state index contributed by atoms with van der Waals surface area (Å²) in [6.07, 6.45) is -4.81. The third-order valence-electron chi connectivity index (χ3n) is 2.99.